The smallest absolute Gasteiger partial charge is 0.274 e. The van der Waals surface area contributed by atoms with Crippen LogP contribution in [0.15, 0.2) is 36.9 Å². The van der Waals surface area contributed by atoms with Gasteiger partial charge in [-0.15, -0.1) is 0 Å². The second kappa shape index (κ2) is 4.43. The zero-order chi connectivity index (χ0) is 11.4. The molecule has 2 aromatic rings. The van der Waals surface area contributed by atoms with E-state index >= 15 is 0 Å². The molecule has 6 heteroatoms. The third-order valence-electron chi connectivity index (χ3n) is 1.77. The number of rotatable bonds is 2. The molecule has 1 amide bonds. The van der Waals surface area contributed by atoms with Crippen molar-refractivity contribution in [3.05, 3.63) is 48.6 Å². The fraction of sp³-hybridized carbons (Fsp3) is 0. The van der Waals surface area contributed by atoms with Crippen molar-refractivity contribution in [1.29, 1.82) is 0 Å². The molecule has 0 aromatic carbocycles. The van der Waals surface area contributed by atoms with Crippen molar-refractivity contribution in [1.82, 2.24) is 15.0 Å². The number of nitrogens with one attached hydrogen (secondary N) is 1. The van der Waals surface area contributed by atoms with Crippen molar-refractivity contribution in [2.75, 3.05) is 5.32 Å². The molecule has 16 heavy (non-hydrogen) atoms. The summed E-state index contributed by atoms with van der Waals surface area (Å²) in [5.41, 5.74) is 0.433. The van der Waals surface area contributed by atoms with Crippen LogP contribution in [0.1, 0.15) is 10.5 Å². The van der Waals surface area contributed by atoms with E-state index in [1.54, 1.807) is 0 Å². The molecular weight excluding hydrogens is 211 g/mol. The summed E-state index contributed by atoms with van der Waals surface area (Å²) in [6.45, 7) is 0. The largest absolute Gasteiger partial charge is 0.318 e. The van der Waals surface area contributed by atoms with E-state index in [4.69, 9.17) is 0 Å². The summed E-state index contributed by atoms with van der Waals surface area (Å²) in [6, 6.07) is 4.00. The van der Waals surface area contributed by atoms with Gasteiger partial charge >= 0.3 is 0 Å². The fourth-order valence-corrected chi connectivity index (χ4v) is 1.09. The summed E-state index contributed by atoms with van der Waals surface area (Å²) in [5, 5.41) is 2.49. The predicted octanol–water partition coefficient (Wildman–Crippen LogP) is 1.26. The summed E-state index contributed by atoms with van der Waals surface area (Å²) >= 11 is 0. The first-order chi connectivity index (χ1) is 7.75. The average molecular weight is 218 g/mol. The highest BCUT2D eigenvalue weighted by Gasteiger charge is 2.08. The van der Waals surface area contributed by atoms with Gasteiger partial charge in [0, 0.05) is 0 Å². The molecule has 0 fully saturated rings. The van der Waals surface area contributed by atoms with Crippen LogP contribution in [0.4, 0.5) is 10.1 Å². The Hall–Kier alpha value is -2.37. The fourth-order valence-electron chi connectivity index (χ4n) is 1.09. The zero-order valence-corrected chi connectivity index (χ0v) is 8.09. The van der Waals surface area contributed by atoms with E-state index in [-0.39, 0.29) is 5.69 Å². The highest BCUT2D eigenvalue weighted by atomic mass is 19.1. The number of hydrogen-bond donors (Lipinski definition) is 1. The molecule has 0 saturated carbocycles. The van der Waals surface area contributed by atoms with Gasteiger partial charge in [0.05, 0.1) is 18.1 Å². The maximum Gasteiger partial charge on any atom is 0.274 e. The Morgan fingerprint density at radius 3 is 2.69 bits per heavy atom. The average Bonchev–Trinajstić information content (AvgIpc) is 2.30. The SMILES string of the molecule is O=C(Nc1cncnc1)c1cccc(F)n1. The van der Waals surface area contributed by atoms with Gasteiger partial charge in [0.15, 0.2) is 0 Å². The van der Waals surface area contributed by atoms with Gasteiger partial charge in [-0.1, -0.05) is 6.07 Å². The first-order valence-corrected chi connectivity index (χ1v) is 4.44. The van der Waals surface area contributed by atoms with E-state index < -0.39 is 11.9 Å². The van der Waals surface area contributed by atoms with Crippen molar-refractivity contribution in [3.8, 4) is 0 Å². The lowest BCUT2D eigenvalue weighted by Gasteiger charge is -2.02. The molecule has 0 spiro atoms. The highest BCUT2D eigenvalue weighted by molar-refractivity contribution is 6.02. The standard InChI is InChI=1S/C10H7FN4O/c11-9-3-1-2-8(15-9)10(16)14-7-4-12-6-13-5-7/h1-6H,(H,14,16). The van der Waals surface area contributed by atoms with Crippen LogP contribution in [-0.4, -0.2) is 20.9 Å². The van der Waals surface area contributed by atoms with Crippen LogP contribution >= 0.6 is 0 Å². The second-order valence-corrected chi connectivity index (χ2v) is 2.93. The number of carbonyl (C=O) groups is 1. The second-order valence-electron chi connectivity index (χ2n) is 2.93. The first-order valence-electron chi connectivity index (χ1n) is 4.44. The number of pyridine rings is 1. The summed E-state index contributed by atoms with van der Waals surface area (Å²) in [4.78, 5) is 22.5. The van der Waals surface area contributed by atoms with Crippen molar-refractivity contribution in [2.24, 2.45) is 0 Å². The minimum Gasteiger partial charge on any atom is -0.318 e. The monoisotopic (exact) mass is 218 g/mol. The van der Waals surface area contributed by atoms with Crippen LogP contribution in [0.5, 0.6) is 0 Å². The molecule has 0 aliphatic rings. The first kappa shape index (κ1) is 10.2. The quantitative estimate of drug-likeness (QED) is 0.770. The van der Waals surface area contributed by atoms with E-state index in [1.165, 1.54) is 36.9 Å². The van der Waals surface area contributed by atoms with E-state index in [2.05, 4.69) is 20.3 Å². The van der Waals surface area contributed by atoms with E-state index in [0.29, 0.717) is 5.69 Å². The van der Waals surface area contributed by atoms with Crippen LogP contribution in [0.2, 0.25) is 0 Å². The van der Waals surface area contributed by atoms with Gasteiger partial charge in [-0.3, -0.25) is 4.79 Å². The number of carbonyl (C=O) groups excluding carboxylic acids is 1. The van der Waals surface area contributed by atoms with Crippen molar-refractivity contribution in [3.63, 3.8) is 0 Å². The number of anilines is 1. The summed E-state index contributed by atoms with van der Waals surface area (Å²) in [6.07, 6.45) is 4.21. The van der Waals surface area contributed by atoms with Crippen molar-refractivity contribution < 1.29 is 9.18 Å². The molecule has 0 bridgehead atoms. The molecule has 5 nitrogen and oxygen atoms in total. The molecule has 0 aliphatic carbocycles. The maximum absolute atomic E-state index is 12.8. The third-order valence-corrected chi connectivity index (χ3v) is 1.77. The number of halogens is 1. The molecule has 0 radical (unpaired) electrons. The molecule has 0 atom stereocenters. The molecule has 2 rings (SSSR count). The molecule has 1 N–H and O–H groups in total. The summed E-state index contributed by atoms with van der Waals surface area (Å²) in [5.74, 6) is -1.20. The topological polar surface area (TPSA) is 67.8 Å². The minimum absolute atomic E-state index is 0.00357. The lowest BCUT2D eigenvalue weighted by atomic mass is 10.3. The number of aromatic nitrogens is 3. The van der Waals surface area contributed by atoms with Gasteiger partial charge in [0.25, 0.3) is 5.91 Å². The molecule has 2 aromatic heterocycles. The van der Waals surface area contributed by atoms with E-state index in [9.17, 15) is 9.18 Å². The summed E-state index contributed by atoms with van der Waals surface area (Å²) in [7, 11) is 0. The minimum atomic E-state index is -0.697. The van der Waals surface area contributed by atoms with Gasteiger partial charge in [-0.25, -0.2) is 15.0 Å². The van der Waals surface area contributed by atoms with Crippen LogP contribution in [0, 0.1) is 5.95 Å². The van der Waals surface area contributed by atoms with E-state index in [0.717, 1.165) is 0 Å². The number of amides is 1. The van der Waals surface area contributed by atoms with E-state index in [1.807, 2.05) is 0 Å². The van der Waals surface area contributed by atoms with Crippen molar-refractivity contribution >= 4 is 11.6 Å². The maximum atomic E-state index is 12.8. The molecule has 2 heterocycles. The lowest BCUT2D eigenvalue weighted by Crippen LogP contribution is -2.14. The molecule has 0 unspecified atom stereocenters. The molecular formula is C10H7FN4O. The van der Waals surface area contributed by atoms with Crippen LogP contribution in [-0.2, 0) is 0 Å². The number of nitrogens with zero attached hydrogens (tertiary/aromatic N) is 3. The Balaban J connectivity index is 2.15. The van der Waals surface area contributed by atoms with Crippen LogP contribution < -0.4 is 5.32 Å². The Morgan fingerprint density at radius 1 is 1.25 bits per heavy atom. The van der Waals surface area contributed by atoms with Crippen LogP contribution in [0.3, 0.4) is 0 Å². The normalized spacial score (nSPS) is 9.81. The Bertz CT molecular complexity index is 503. The third kappa shape index (κ3) is 2.35. The Morgan fingerprint density at radius 2 is 2.00 bits per heavy atom. The Kier molecular flexibility index (Phi) is 2.81. The van der Waals surface area contributed by atoms with Crippen molar-refractivity contribution in [2.45, 2.75) is 0 Å². The summed E-state index contributed by atoms with van der Waals surface area (Å²) < 4.78 is 12.8. The van der Waals surface area contributed by atoms with Gasteiger partial charge in [-0.05, 0) is 12.1 Å². The zero-order valence-electron chi connectivity index (χ0n) is 8.09. The van der Waals surface area contributed by atoms with Gasteiger partial charge < -0.3 is 5.32 Å². The Labute approximate surface area is 90.4 Å². The van der Waals surface area contributed by atoms with Crippen LogP contribution in [0.25, 0.3) is 0 Å². The highest BCUT2D eigenvalue weighted by Crippen LogP contribution is 2.04. The predicted molar refractivity (Wildman–Crippen MR) is 54.2 cm³/mol. The lowest BCUT2D eigenvalue weighted by molar-refractivity contribution is 0.102. The number of hydrogen-bond acceptors (Lipinski definition) is 4. The molecule has 0 saturated heterocycles. The molecule has 80 valence electrons. The van der Waals surface area contributed by atoms with Gasteiger partial charge in [-0.2, -0.15) is 4.39 Å². The molecule has 0 aliphatic heterocycles. The van der Waals surface area contributed by atoms with Gasteiger partial charge in [0.1, 0.15) is 12.0 Å². The van der Waals surface area contributed by atoms with Gasteiger partial charge in [0.2, 0.25) is 5.95 Å².